The number of benzene rings is 1. The predicted octanol–water partition coefficient (Wildman–Crippen LogP) is 2.65. The Hall–Kier alpha value is -1.57. The Morgan fingerprint density at radius 1 is 1.21 bits per heavy atom. The van der Waals surface area contributed by atoms with Crippen molar-refractivity contribution < 1.29 is 9.90 Å². The fourth-order valence-electron chi connectivity index (χ4n) is 1.26. The number of rotatable bonds is 5. The summed E-state index contributed by atoms with van der Waals surface area (Å²) in [5.74, 6) is -0.765. The monoisotopic (exact) mass is 190 g/mol. The van der Waals surface area contributed by atoms with Gasteiger partial charge in [-0.3, -0.25) is 4.79 Å². The molecule has 14 heavy (non-hydrogen) atoms. The van der Waals surface area contributed by atoms with E-state index in [1.807, 2.05) is 30.3 Å². The van der Waals surface area contributed by atoms with Crippen molar-refractivity contribution in [2.24, 2.45) is 0 Å². The lowest BCUT2D eigenvalue weighted by molar-refractivity contribution is -0.136. The highest BCUT2D eigenvalue weighted by molar-refractivity contribution is 5.67. The molecule has 0 aromatic heterocycles. The Balaban J connectivity index is 2.38. The van der Waals surface area contributed by atoms with Crippen LogP contribution in [0.5, 0.6) is 0 Å². The fraction of sp³-hybridized carbons (Fsp3) is 0.250. The molecule has 1 aromatic rings. The maximum atomic E-state index is 10.3. The van der Waals surface area contributed by atoms with Gasteiger partial charge in [-0.15, -0.1) is 0 Å². The highest BCUT2D eigenvalue weighted by atomic mass is 16.4. The van der Waals surface area contributed by atoms with Gasteiger partial charge in [-0.25, -0.2) is 0 Å². The Morgan fingerprint density at radius 2 is 1.86 bits per heavy atom. The molecule has 1 aromatic carbocycles. The minimum absolute atomic E-state index is 0.172. The summed E-state index contributed by atoms with van der Waals surface area (Å²) in [5, 5.41) is 8.49. The van der Waals surface area contributed by atoms with Gasteiger partial charge in [-0.05, 0) is 18.4 Å². The van der Waals surface area contributed by atoms with E-state index in [0.29, 0.717) is 6.42 Å². The highest BCUT2D eigenvalue weighted by Crippen LogP contribution is 2.10. The molecule has 2 heteroatoms. The van der Waals surface area contributed by atoms with Crippen molar-refractivity contribution in [3.05, 3.63) is 48.0 Å². The van der Waals surface area contributed by atoms with Gasteiger partial charge in [-0.1, -0.05) is 42.5 Å². The summed E-state index contributed by atoms with van der Waals surface area (Å²) in [5.41, 5.74) is 2.15. The van der Waals surface area contributed by atoms with Gasteiger partial charge in [0.1, 0.15) is 0 Å². The first-order chi connectivity index (χ1) is 6.68. The zero-order valence-corrected chi connectivity index (χ0v) is 8.07. The molecule has 0 saturated heterocycles. The second kappa shape index (κ2) is 5.22. The quantitative estimate of drug-likeness (QED) is 0.725. The van der Waals surface area contributed by atoms with Crippen LogP contribution in [0.3, 0.4) is 0 Å². The van der Waals surface area contributed by atoms with Crippen molar-refractivity contribution in [2.75, 3.05) is 0 Å². The highest BCUT2D eigenvalue weighted by Gasteiger charge is 2.00. The first-order valence-electron chi connectivity index (χ1n) is 4.61. The molecule has 0 atom stereocenters. The van der Waals surface area contributed by atoms with Crippen LogP contribution in [0, 0.1) is 0 Å². The molecule has 0 bridgehead atoms. The topological polar surface area (TPSA) is 37.3 Å². The summed E-state index contributed by atoms with van der Waals surface area (Å²) >= 11 is 0. The molecule has 0 heterocycles. The van der Waals surface area contributed by atoms with Crippen molar-refractivity contribution in [3.63, 3.8) is 0 Å². The fourth-order valence-corrected chi connectivity index (χ4v) is 1.26. The van der Waals surface area contributed by atoms with Crippen molar-refractivity contribution in [3.8, 4) is 0 Å². The molecule has 0 aliphatic rings. The maximum Gasteiger partial charge on any atom is 0.303 e. The molecular weight excluding hydrogens is 176 g/mol. The minimum atomic E-state index is -0.765. The van der Waals surface area contributed by atoms with E-state index in [-0.39, 0.29) is 6.42 Å². The summed E-state index contributed by atoms with van der Waals surface area (Å²) in [7, 11) is 0. The van der Waals surface area contributed by atoms with Crippen LogP contribution in [0.15, 0.2) is 42.5 Å². The predicted molar refractivity (Wildman–Crippen MR) is 56.2 cm³/mol. The van der Waals surface area contributed by atoms with E-state index in [1.165, 1.54) is 5.56 Å². The third-order valence-electron chi connectivity index (χ3n) is 1.99. The Kier molecular flexibility index (Phi) is 3.92. The second-order valence-electron chi connectivity index (χ2n) is 3.31. The minimum Gasteiger partial charge on any atom is -0.481 e. The standard InChI is InChI=1S/C12H14O2/c1-10(7-8-12(13)14)9-11-5-3-2-4-6-11/h2-6H,1,7-9H2,(H,13,14). The zero-order chi connectivity index (χ0) is 10.4. The lowest BCUT2D eigenvalue weighted by Crippen LogP contribution is -1.97. The average Bonchev–Trinajstić information content (AvgIpc) is 2.16. The number of carboxylic acid groups (broad SMARTS) is 1. The lowest BCUT2D eigenvalue weighted by Gasteiger charge is -2.03. The summed E-state index contributed by atoms with van der Waals surface area (Å²) in [6.07, 6.45) is 1.50. The van der Waals surface area contributed by atoms with Gasteiger partial charge in [0.15, 0.2) is 0 Å². The smallest absolute Gasteiger partial charge is 0.303 e. The normalized spacial score (nSPS) is 9.71. The van der Waals surface area contributed by atoms with Crippen molar-refractivity contribution in [2.45, 2.75) is 19.3 Å². The average molecular weight is 190 g/mol. The Morgan fingerprint density at radius 3 is 2.43 bits per heavy atom. The third-order valence-corrected chi connectivity index (χ3v) is 1.99. The van der Waals surface area contributed by atoms with Crippen molar-refractivity contribution in [1.29, 1.82) is 0 Å². The summed E-state index contributed by atoms with van der Waals surface area (Å²) in [4.78, 5) is 10.3. The van der Waals surface area contributed by atoms with E-state index in [2.05, 4.69) is 6.58 Å². The van der Waals surface area contributed by atoms with Crippen molar-refractivity contribution >= 4 is 5.97 Å². The molecule has 1 N–H and O–H groups in total. The van der Waals surface area contributed by atoms with Crippen LogP contribution in [0.1, 0.15) is 18.4 Å². The van der Waals surface area contributed by atoms with E-state index in [0.717, 1.165) is 12.0 Å². The van der Waals surface area contributed by atoms with Gasteiger partial charge in [-0.2, -0.15) is 0 Å². The number of hydrogen-bond acceptors (Lipinski definition) is 1. The van der Waals surface area contributed by atoms with E-state index >= 15 is 0 Å². The lowest BCUT2D eigenvalue weighted by atomic mass is 10.0. The molecule has 2 nitrogen and oxygen atoms in total. The molecular formula is C12H14O2. The molecule has 0 fully saturated rings. The second-order valence-corrected chi connectivity index (χ2v) is 3.31. The number of hydrogen-bond donors (Lipinski definition) is 1. The number of allylic oxidation sites excluding steroid dienone is 1. The molecule has 0 radical (unpaired) electrons. The zero-order valence-electron chi connectivity index (χ0n) is 8.07. The maximum absolute atomic E-state index is 10.3. The largest absolute Gasteiger partial charge is 0.481 e. The number of carboxylic acids is 1. The first kappa shape index (κ1) is 10.5. The van der Waals surface area contributed by atoms with Crippen LogP contribution in [0.25, 0.3) is 0 Å². The van der Waals surface area contributed by atoms with Crippen LogP contribution in [-0.2, 0) is 11.2 Å². The molecule has 74 valence electrons. The van der Waals surface area contributed by atoms with Gasteiger partial charge >= 0.3 is 5.97 Å². The summed E-state index contributed by atoms with van der Waals surface area (Å²) < 4.78 is 0. The van der Waals surface area contributed by atoms with Gasteiger partial charge < -0.3 is 5.11 Å². The van der Waals surface area contributed by atoms with Gasteiger partial charge in [0, 0.05) is 6.42 Å². The van der Waals surface area contributed by atoms with Crippen LogP contribution in [0.4, 0.5) is 0 Å². The third kappa shape index (κ3) is 3.90. The molecule has 0 amide bonds. The molecule has 0 spiro atoms. The first-order valence-corrected chi connectivity index (χ1v) is 4.61. The summed E-state index contributed by atoms with van der Waals surface area (Å²) in [6.45, 7) is 3.86. The van der Waals surface area contributed by atoms with Crippen LogP contribution in [-0.4, -0.2) is 11.1 Å². The molecule has 0 saturated carbocycles. The molecule has 1 rings (SSSR count). The van der Waals surface area contributed by atoms with E-state index < -0.39 is 5.97 Å². The van der Waals surface area contributed by atoms with E-state index in [4.69, 9.17) is 5.11 Å². The number of aliphatic carboxylic acids is 1. The van der Waals surface area contributed by atoms with Gasteiger partial charge in [0.2, 0.25) is 0 Å². The number of carbonyl (C=O) groups is 1. The van der Waals surface area contributed by atoms with Crippen LogP contribution in [0.2, 0.25) is 0 Å². The molecule has 0 unspecified atom stereocenters. The summed E-state index contributed by atoms with van der Waals surface area (Å²) in [6, 6.07) is 9.95. The Bertz CT molecular complexity index is 314. The van der Waals surface area contributed by atoms with E-state index in [1.54, 1.807) is 0 Å². The molecule has 0 aliphatic carbocycles. The molecule has 0 aliphatic heterocycles. The van der Waals surface area contributed by atoms with Crippen molar-refractivity contribution in [1.82, 2.24) is 0 Å². The van der Waals surface area contributed by atoms with E-state index in [9.17, 15) is 4.79 Å². The SMILES string of the molecule is C=C(CCC(=O)O)Cc1ccccc1. The van der Waals surface area contributed by atoms with Gasteiger partial charge in [0.05, 0.1) is 0 Å². The Labute approximate surface area is 83.9 Å². The van der Waals surface area contributed by atoms with Crippen LogP contribution >= 0.6 is 0 Å². The van der Waals surface area contributed by atoms with Gasteiger partial charge in [0.25, 0.3) is 0 Å². The van der Waals surface area contributed by atoms with Crippen LogP contribution < -0.4 is 0 Å².